The van der Waals surface area contributed by atoms with Crippen LogP contribution >= 0.6 is 0 Å². The normalized spacial score (nSPS) is 17.9. The Bertz CT molecular complexity index is 2200. The lowest BCUT2D eigenvalue weighted by Gasteiger charge is -2.48. The van der Waals surface area contributed by atoms with Gasteiger partial charge in [-0.15, -0.1) is 0 Å². The van der Waals surface area contributed by atoms with Crippen LogP contribution in [0.3, 0.4) is 0 Å². The quantitative estimate of drug-likeness (QED) is 0.136. The van der Waals surface area contributed by atoms with Crippen LogP contribution in [0.1, 0.15) is 62.8 Å². The zero-order chi connectivity index (χ0) is 37.2. The number of rotatable bonds is 8. The number of hydrogen-bond donors (Lipinski definition) is 0. The van der Waals surface area contributed by atoms with Crippen molar-refractivity contribution in [1.82, 2.24) is 0 Å². The summed E-state index contributed by atoms with van der Waals surface area (Å²) in [4.78, 5) is 8.26. The fourth-order valence-electron chi connectivity index (χ4n) is 7.60. The van der Waals surface area contributed by atoms with Crippen LogP contribution < -0.4 is 14.5 Å². The molecule has 0 bridgehead atoms. The maximum Gasteiger partial charge on any atom is 0.269 e. The van der Waals surface area contributed by atoms with Crippen LogP contribution in [0, 0.1) is 17.9 Å². The molecule has 0 N–H and O–H groups in total. The standard InChI is InChI=1S/C47H44N4O2/c1-46(2)25-27-50-28-26-47(3,4)43-44(50)41(46)31-34(45(43)52-6)20-24-40-30-35(42(32-48)49-5)29-39(53-40)23-19-33-17-21-38(22-18-33)51(36-13-9-7-10-14-36)37-15-11-8-12-16-37/h7-24,29-31H,25-28H2,1-4,6H3. The molecule has 0 aliphatic carbocycles. The second-order valence-electron chi connectivity index (χ2n) is 15.0. The third-order valence-electron chi connectivity index (χ3n) is 10.6. The SMILES string of the molecule is [C-]#[N+]C(C#N)=C1C=C(C=Cc2ccc(N(c3ccccc3)c3ccccc3)cc2)OC(C=Cc2cc3c4c(c2OC)C(C)(C)CCN4CCC3(C)C)=C1. The summed E-state index contributed by atoms with van der Waals surface area (Å²) in [6.07, 6.45) is 13.5. The first-order chi connectivity index (χ1) is 25.6. The fraction of sp³-hybridized carbons (Fsp3) is 0.234. The van der Waals surface area contributed by atoms with Crippen LogP contribution in [0.25, 0.3) is 17.0 Å². The Morgan fingerprint density at radius 1 is 0.811 bits per heavy atom. The van der Waals surface area contributed by atoms with Gasteiger partial charge in [0.15, 0.2) is 0 Å². The van der Waals surface area contributed by atoms with Gasteiger partial charge in [0.25, 0.3) is 5.70 Å². The Morgan fingerprint density at radius 2 is 1.38 bits per heavy atom. The lowest BCUT2D eigenvalue weighted by atomic mass is 9.68. The van der Waals surface area contributed by atoms with Crippen molar-refractivity contribution >= 4 is 34.9 Å². The molecule has 0 radical (unpaired) electrons. The summed E-state index contributed by atoms with van der Waals surface area (Å²) >= 11 is 0. The van der Waals surface area contributed by atoms with E-state index >= 15 is 0 Å². The lowest BCUT2D eigenvalue weighted by molar-refractivity contribution is 0.332. The van der Waals surface area contributed by atoms with E-state index < -0.39 is 0 Å². The maximum atomic E-state index is 9.78. The number of allylic oxidation sites excluding steroid dienone is 6. The first-order valence-corrected chi connectivity index (χ1v) is 18.1. The van der Waals surface area contributed by atoms with Crippen LogP contribution in [-0.2, 0) is 15.6 Å². The van der Waals surface area contributed by atoms with Crippen molar-refractivity contribution < 1.29 is 9.47 Å². The molecule has 4 aromatic rings. The molecule has 0 saturated carbocycles. The number of anilines is 4. The van der Waals surface area contributed by atoms with Gasteiger partial charge in [0.2, 0.25) is 0 Å². The third-order valence-corrected chi connectivity index (χ3v) is 10.6. The van der Waals surface area contributed by atoms with E-state index in [1.165, 1.54) is 16.8 Å². The number of hydrogen-bond acceptors (Lipinski definition) is 5. The van der Waals surface area contributed by atoms with E-state index in [-0.39, 0.29) is 16.5 Å². The van der Waals surface area contributed by atoms with Gasteiger partial charge in [-0.1, -0.05) is 82.3 Å². The van der Waals surface area contributed by atoms with Gasteiger partial charge >= 0.3 is 0 Å². The number of methoxy groups -OCH3 is 1. The highest BCUT2D eigenvalue weighted by molar-refractivity contribution is 5.79. The number of ether oxygens (including phenoxy) is 2. The first kappa shape index (κ1) is 35.2. The van der Waals surface area contributed by atoms with Gasteiger partial charge < -0.3 is 19.3 Å². The monoisotopic (exact) mass is 696 g/mol. The van der Waals surface area contributed by atoms with E-state index in [1.807, 2.05) is 60.7 Å². The summed E-state index contributed by atoms with van der Waals surface area (Å²) in [6.45, 7) is 19.0. The van der Waals surface area contributed by atoms with E-state index in [2.05, 4.69) is 103 Å². The average molecular weight is 697 g/mol. The van der Waals surface area contributed by atoms with Gasteiger partial charge in [-0.3, -0.25) is 0 Å². The second kappa shape index (κ2) is 14.4. The molecular weight excluding hydrogens is 653 g/mol. The summed E-state index contributed by atoms with van der Waals surface area (Å²) in [6, 6.07) is 33.3. The molecule has 4 aromatic carbocycles. The predicted molar refractivity (Wildman–Crippen MR) is 216 cm³/mol. The molecule has 264 valence electrons. The Balaban J connectivity index is 1.19. The molecule has 6 nitrogen and oxygen atoms in total. The van der Waals surface area contributed by atoms with E-state index in [0.717, 1.165) is 59.9 Å². The van der Waals surface area contributed by atoms with E-state index in [1.54, 1.807) is 19.3 Å². The summed E-state index contributed by atoms with van der Waals surface area (Å²) in [5.41, 5.74) is 9.59. The smallest absolute Gasteiger partial charge is 0.269 e. The Kier molecular flexibility index (Phi) is 9.56. The van der Waals surface area contributed by atoms with Crippen LogP contribution in [0.5, 0.6) is 5.75 Å². The predicted octanol–water partition coefficient (Wildman–Crippen LogP) is 11.6. The van der Waals surface area contributed by atoms with E-state index in [4.69, 9.17) is 16.0 Å². The van der Waals surface area contributed by atoms with Crippen molar-refractivity contribution in [3.63, 3.8) is 0 Å². The van der Waals surface area contributed by atoms with Gasteiger partial charge in [-0.2, -0.15) is 0 Å². The zero-order valence-corrected chi connectivity index (χ0v) is 31.1. The number of nitriles is 1. The molecule has 3 aliphatic rings. The molecule has 0 spiro atoms. The molecule has 3 heterocycles. The Hall–Kier alpha value is -6.24. The van der Waals surface area contributed by atoms with Crippen molar-refractivity contribution in [2.45, 2.75) is 51.4 Å². The zero-order valence-electron chi connectivity index (χ0n) is 31.1. The van der Waals surface area contributed by atoms with Crippen LogP contribution in [0.2, 0.25) is 0 Å². The van der Waals surface area contributed by atoms with Gasteiger partial charge in [0, 0.05) is 47.0 Å². The highest BCUT2D eigenvalue weighted by Gasteiger charge is 2.42. The highest BCUT2D eigenvalue weighted by Crippen LogP contribution is 2.53. The van der Waals surface area contributed by atoms with Crippen molar-refractivity contribution in [3.8, 4) is 11.8 Å². The summed E-state index contributed by atoms with van der Waals surface area (Å²) < 4.78 is 12.6. The number of benzene rings is 4. The first-order valence-electron chi connectivity index (χ1n) is 18.1. The molecule has 6 heteroatoms. The fourth-order valence-corrected chi connectivity index (χ4v) is 7.60. The highest BCUT2D eigenvalue weighted by atomic mass is 16.5. The largest absolute Gasteiger partial charge is 0.496 e. The Labute approximate surface area is 313 Å². The molecular formula is C47H44N4O2. The average Bonchev–Trinajstić information content (AvgIpc) is 3.17. The maximum absolute atomic E-state index is 9.78. The topological polar surface area (TPSA) is 53.1 Å². The molecule has 0 atom stereocenters. The minimum atomic E-state index is -0.0443. The second-order valence-corrected chi connectivity index (χ2v) is 15.0. The number of nitrogens with zero attached hydrogens (tertiary/aromatic N) is 4. The summed E-state index contributed by atoms with van der Waals surface area (Å²) in [5, 5.41) is 9.78. The van der Waals surface area contributed by atoms with E-state index in [9.17, 15) is 5.26 Å². The minimum Gasteiger partial charge on any atom is -0.496 e. The van der Waals surface area contributed by atoms with Gasteiger partial charge in [0.1, 0.15) is 17.3 Å². The molecule has 0 saturated heterocycles. The molecule has 53 heavy (non-hydrogen) atoms. The van der Waals surface area contributed by atoms with Crippen LogP contribution in [0.4, 0.5) is 22.7 Å². The molecule has 3 aliphatic heterocycles. The van der Waals surface area contributed by atoms with Crippen LogP contribution in [-0.4, -0.2) is 20.2 Å². The number of para-hydroxylation sites is 2. The minimum absolute atomic E-state index is 0.00995. The lowest BCUT2D eigenvalue weighted by Crippen LogP contribution is -2.45. The van der Waals surface area contributed by atoms with Gasteiger partial charge in [0.05, 0.1) is 19.8 Å². The third kappa shape index (κ3) is 7.02. The summed E-state index contributed by atoms with van der Waals surface area (Å²) in [7, 11) is 1.75. The van der Waals surface area contributed by atoms with Crippen molar-refractivity contribution in [2.75, 3.05) is 30.0 Å². The van der Waals surface area contributed by atoms with Crippen molar-refractivity contribution in [1.29, 1.82) is 5.26 Å². The molecule has 0 fully saturated rings. The van der Waals surface area contributed by atoms with Crippen LogP contribution in [0.15, 0.2) is 138 Å². The summed E-state index contributed by atoms with van der Waals surface area (Å²) in [5.74, 6) is 1.95. The molecule has 0 amide bonds. The molecule has 0 unspecified atom stereocenters. The molecule has 7 rings (SSSR count). The molecule has 0 aromatic heterocycles. The van der Waals surface area contributed by atoms with E-state index in [0.29, 0.717) is 17.1 Å². The van der Waals surface area contributed by atoms with Crippen molar-refractivity contribution in [2.24, 2.45) is 0 Å². The van der Waals surface area contributed by atoms with Crippen molar-refractivity contribution in [3.05, 3.63) is 172 Å². The van der Waals surface area contributed by atoms with Gasteiger partial charge in [-0.05, 0) is 113 Å². The Morgan fingerprint density at radius 3 is 1.94 bits per heavy atom. The van der Waals surface area contributed by atoms with Gasteiger partial charge in [-0.25, -0.2) is 10.1 Å².